The summed E-state index contributed by atoms with van der Waals surface area (Å²) in [5, 5.41) is 6.75. The number of morpholine rings is 1. The molecule has 1 aromatic rings. The molecule has 1 heterocycles. The molecule has 2 atom stereocenters. The molecule has 1 aliphatic rings. The molecule has 1 fully saturated rings. The number of hydrogen-bond acceptors (Lipinski definition) is 3. The zero-order valence-electron chi connectivity index (χ0n) is 10.3. The number of benzene rings is 1. The molecular formula is C13H19BrN2O. The standard InChI is InChI=1S/C13H19BrN2O/c1-9-3-4-10(14)7-11(9)13(15-2)12-8-16-5-6-17-12/h3-4,7,12-13,15-16H,5-6,8H2,1-2H3. The molecule has 1 aliphatic heterocycles. The molecule has 2 rings (SSSR count). The summed E-state index contributed by atoms with van der Waals surface area (Å²) in [6.07, 6.45) is 0.196. The van der Waals surface area contributed by atoms with Crippen LogP contribution in [0, 0.1) is 6.92 Å². The van der Waals surface area contributed by atoms with Crippen LogP contribution < -0.4 is 10.6 Å². The van der Waals surface area contributed by atoms with E-state index < -0.39 is 0 Å². The highest BCUT2D eigenvalue weighted by Crippen LogP contribution is 2.26. The van der Waals surface area contributed by atoms with Gasteiger partial charge in [-0.25, -0.2) is 0 Å². The number of hydrogen-bond donors (Lipinski definition) is 2. The van der Waals surface area contributed by atoms with Crippen LogP contribution >= 0.6 is 15.9 Å². The van der Waals surface area contributed by atoms with E-state index in [2.05, 4.69) is 51.7 Å². The smallest absolute Gasteiger partial charge is 0.0894 e. The number of halogens is 1. The third-order valence-corrected chi connectivity index (χ3v) is 3.71. The Morgan fingerprint density at radius 1 is 1.53 bits per heavy atom. The zero-order valence-corrected chi connectivity index (χ0v) is 11.9. The van der Waals surface area contributed by atoms with Crippen molar-refractivity contribution in [2.24, 2.45) is 0 Å². The summed E-state index contributed by atoms with van der Waals surface area (Å²) >= 11 is 3.53. The third kappa shape index (κ3) is 3.07. The maximum absolute atomic E-state index is 5.84. The van der Waals surface area contributed by atoms with Crippen LogP contribution in [0.15, 0.2) is 22.7 Å². The molecule has 1 saturated heterocycles. The number of ether oxygens (including phenoxy) is 1. The quantitative estimate of drug-likeness (QED) is 0.896. The molecule has 94 valence electrons. The third-order valence-electron chi connectivity index (χ3n) is 3.22. The van der Waals surface area contributed by atoms with E-state index in [4.69, 9.17) is 4.74 Å². The van der Waals surface area contributed by atoms with Gasteiger partial charge in [0.05, 0.1) is 18.8 Å². The second-order valence-electron chi connectivity index (χ2n) is 4.38. The zero-order chi connectivity index (χ0) is 12.3. The summed E-state index contributed by atoms with van der Waals surface area (Å²) in [7, 11) is 1.99. The maximum atomic E-state index is 5.84. The Morgan fingerprint density at radius 3 is 3.00 bits per heavy atom. The topological polar surface area (TPSA) is 33.3 Å². The van der Waals surface area contributed by atoms with Crippen LogP contribution in [0.25, 0.3) is 0 Å². The van der Waals surface area contributed by atoms with E-state index in [1.807, 2.05) is 7.05 Å². The van der Waals surface area contributed by atoms with E-state index in [1.165, 1.54) is 11.1 Å². The summed E-state index contributed by atoms with van der Waals surface area (Å²) in [5.41, 5.74) is 2.59. The van der Waals surface area contributed by atoms with Gasteiger partial charge in [0.1, 0.15) is 0 Å². The minimum absolute atomic E-state index is 0.196. The normalized spacial score (nSPS) is 22.4. The first kappa shape index (κ1) is 13.0. The van der Waals surface area contributed by atoms with Crippen molar-refractivity contribution in [3.05, 3.63) is 33.8 Å². The Morgan fingerprint density at radius 2 is 2.35 bits per heavy atom. The van der Waals surface area contributed by atoms with E-state index in [9.17, 15) is 0 Å². The lowest BCUT2D eigenvalue weighted by Gasteiger charge is -2.32. The molecule has 0 spiro atoms. The molecule has 2 unspecified atom stereocenters. The maximum Gasteiger partial charge on any atom is 0.0894 e. The number of nitrogens with one attached hydrogen (secondary N) is 2. The van der Waals surface area contributed by atoms with Gasteiger partial charge in [-0.1, -0.05) is 22.0 Å². The van der Waals surface area contributed by atoms with Crippen LogP contribution in [-0.4, -0.2) is 32.8 Å². The first-order chi connectivity index (χ1) is 8.22. The highest BCUT2D eigenvalue weighted by atomic mass is 79.9. The van der Waals surface area contributed by atoms with Crippen LogP contribution in [0.5, 0.6) is 0 Å². The molecule has 1 aromatic carbocycles. The van der Waals surface area contributed by atoms with Gasteiger partial charge in [0.15, 0.2) is 0 Å². The fourth-order valence-electron chi connectivity index (χ4n) is 2.29. The van der Waals surface area contributed by atoms with Gasteiger partial charge in [-0.15, -0.1) is 0 Å². The molecule has 0 aliphatic carbocycles. The lowest BCUT2D eigenvalue weighted by atomic mass is 9.96. The SMILES string of the molecule is CNC(c1cc(Br)ccc1C)C1CNCCO1. The van der Waals surface area contributed by atoms with Gasteiger partial charge in [-0.2, -0.15) is 0 Å². The first-order valence-corrected chi connectivity index (χ1v) is 6.77. The van der Waals surface area contributed by atoms with E-state index in [0.29, 0.717) is 0 Å². The Labute approximate surface area is 111 Å². The van der Waals surface area contributed by atoms with Gasteiger partial charge in [-0.05, 0) is 37.2 Å². The second kappa shape index (κ2) is 5.96. The van der Waals surface area contributed by atoms with Crippen LogP contribution in [0.4, 0.5) is 0 Å². The van der Waals surface area contributed by atoms with Crippen LogP contribution in [0.2, 0.25) is 0 Å². The Kier molecular flexibility index (Phi) is 4.56. The summed E-state index contributed by atoms with van der Waals surface area (Å²) in [6, 6.07) is 6.63. The van der Waals surface area contributed by atoms with Gasteiger partial charge in [0, 0.05) is 17.6 Å². The summed E-state index contributed by atoms with van der Waals surface area (Å²) in [4.78, 5) is 0. The summed E-state index contributed by atoms with van der Waals surface area (Å²) in [6.45, 7) is 4.78. The number of likely N-dealkylation sites (N-methyl/N-ethyl adjacent to an activating group) is 1. The molecular weight excluding hydrogens is 280 g/mol. The second-order valence-corrected chi connectivity index (χ2v) is 5.30. The van der Waals surface area contributed by atoms with Gasteiger partial charge >= 0.3 is 0 Å². The van der Waals surface area contributed by atoms with Crippen molar-refractivity contribution < 1.29 is 4.74 Å². The number of aryl methyl sites for hydroxylation is 1. The van der Waals surface area contributed by atoms with Gasteiger partial charge in [0.2, 0.25) is 0 Å². The van der Waals surface area contributed by atoms with Crippen molar-refractivity contribution in [3.63, 3.8) is 0 Å². The predicted octanol–water partition coefficient (Wildman–Crippen LogP) is 2.01. The van der Waals surface area contributed by atoms with Crippen molar-refractivity contribution in [3.8, 4) is 0 Å². The number of rotatable bonds is 3. The molecule has 0 bridgehead atoms. The Balaban J connectivity index is 2.24. The minimum Gasteiger partial charge on any atom is -0.374 e. The largest absolute Gasteiger partial charge is 0.374 e. The summed E-state index contributed by atoms with van der Waals surface area (Å²) in [5.74, 6) is 0. The molecule has 0 amide bonds. The Hall–Kier alpha value is -0.420. The van der Waals surface area contributed by atoms with Crippen LogP contribution in [0.3, 0.4) is 0 Å². The molecule has 4 heteroatoms. The minimum atomic E-state index is 0.196. The summed E-state index contributed by atoms with van der Waals surface area (Å²) < 4.78 is 6.95. The van der Waals surface area contributed by atoms with E-state index in [1.54, 1.807) is 0 Å². The molecule has 0 aromatic heterocycles. The molecule has 17 heavy (non-hydrogen) atoms. The fourth-order valence-corrected chi connectivity index (χ4v) is 2.67. The van der Waals surface area contributed by atoms with Gasteiger partial charge in [-0.3, -0.25) is 0 Å². The van der Waals surface area contributed by atoms with Gasteiger partial charge in [0.25, 0.3) is 0 Å². The highest BCUT2D eigenvalue weighted by Gasteiger charge is 2.25. The van der Waals surface area contributed by atoms with Crippen molar-refractivity contribution in [1.29, 1.82) is 0 Å². The van der Waals surface area contributed by atoms with Gasteiger partial charge < -0.3 is 15.4 Å². The van der Waals surface area contributed by atoms with Crippen LogP contribution in [0.1, 0.15) is 17.2 Å². The molecule has 0 radical (unpaired) electrons. The molecule has 2 N–H and O–H groups in total. The van der Waals surface area contributed by atoms with Crippen LogP contribution in [-0.2, 0) is 4.74 Å². The predicted molar refractivity (Wildman–Crippen MR) is 73.3 cm³/mol. The van der Waals surface area contributed by atoms with E-state index in [0.717, 1.165) is 24.2 Å². The average molecular weight is 299 g/mol. The Bertz CT molecular complexity index is 378. The lowest BCUT2D eigenvalue weighted by Crippen LogP contribution is -2.45. The average Bonchev–Trinajstić information content (AvgIpc) is 2.36. The van der Waals surface area contributed by atoms with E-state index >= 15 is 0 Å². The highest BCUT2D eigenvalue weighted by molar-refractivity contribution is 9.10. The fraction of sp³-hybridized carbons (Fsp3) is 0.538. The van der Waals surface area contributed by atoms with Crippen molar-refractivity contribution in [1.82, 2.24) is 10.6 Å². The van der Waals surface area contributed by atoms with E-state index in [-0.39, 0.29) is 12.1 Å². The monoisotopic (exact) mass is 298 g/mol. The lowest BCUT2D eigenvalue weighted by molar-refractivity contribution is 0.00523. The van der Waals surface area contributed by atoms with Crippen molar-refractivity contribution in [2.75, 3.05) is 26.7 Å². The first-order valence-electron chi connectivity index (χ1n) is 5.98. The molecule has 3 nitrogen and oxygen atoms in total. The van der Waals surface area contributed by atoms with Crippen molar-refractivity contribution in [2.45, 2.75) is 19.1 Å². The van der Waals surface area contributed by atoms with Crippen molar-refractivity contribution >= 4 is 15.9 Å². The molecule has 0 saturated carbocycles.